The lowest BCUT2D eigenvalue weighted by Gasteiger charge is -2.21. The third kappa shape index (κ3) is 6.89. The summed E-state index contributed by atoms with van der Waals surface area (Å²) in [7, 11) is -0.462. The molecule has 0 bridgehead atoms. The number of nitrogens with zero attached hydrogens (tertiary/aromatic N) is 3. The summed E-state index contributed by atoms with van der Waals surface area (Å²) in [5.74, 6) is 0.347. The molecule has 0 aliphatic carbocycles. The molecule has 0 aliphatic heterocycles. The number of urea groups is 1. The van der Waals surface area contributed by atoms with Crippen LogP contribution in [0, 0.1) is 6.92 Å². The quantitative estimate of drug-likeness (QED) is 0.585. The van der Waals surface area contributed by atoms with Crippen molar-refractivity contribution in [2.75, 3.05) is 32.6 Å². The summed E-state index contributed by atoms with van der Waals surface area (Å²) in [6.45, 7) is 11.0. The van der Waals surface area contributed by atoms with Crippen LogP contribution in [0.1, 0.15) is 56.2 Å². The van der Waals surface area contributed by atoms with Crippen molar-refractivity contribution in [3.05, 3.63) is 41.2 Å². The third-order valence-electron chi connectivity index (χ3n) is 4.71. The first-order valence-electron chi connectivity index (χ1n) is 10.5. The first-order chi connectivity index (χ1) is 14.9. The van der Waals surface area contributed by atoms with E-state index in [2.05, 4.69) is 15.3 Å². The number of aromatic nitrogens is 2. The summed E-state index contributed by atoms with van der Waals surface area (Å²) in [6.07, 6.45) is 2.39. The minimum Gasteiger partial charge on any atom is -0.475 e. The molecule has 9 nitrogen and oxygen atoms in total. The molecular weight excluding hydrogens is 430 g/mol. The van der Waals surface area contributed by atoms with Gasteiger partial charge in [0.25, 0.3) is 10.0 Å². The monoisotopic (exact) mass is 463 g/mol. The largest absolute Gasteiger partial charge is 0.475 e. The standard InChI is InChI=1S/C22H33N5O4S/c1-14(2)17-10-16(5)11-18(15(3)4)21(17)25-22(28)26-32(29,30)20-13-23-12-19(24-20)31-9-8-27(6)7/h10-15H,8-9H2,1-7H3,(H2,25,26,28). The molecule has 0 spiro atoms. The van der Waals surface area contributed by atoms with E-state index in [9.17, 15) is 13.2 Å². The van der Waals surface area contributed by atoms with Crippen LogP contribution in [0.4, 0.5) is 10.5 Å². The number of aryl methyl sites for hydroxylation is 1. The number of ether oxygens (including phenoxy) is 1. The summed E-state index contributed by atoms with van der Waals surface area (Å²) < 4.78 is 32.9. The van der Waals surface area contributed by atoms with Gasteiger partial charge in [0, 0.05) is 12.2 Å². The van der Waals surface area contributed by atoms with Gasteiger partial charge in [0.05, 0.1) is 12.4 Å². The van der Waals surface area contributed by atoms with E-state index in [-0.39, 0.29) is 17.7 Å². The summed E-state index contributed by atoms with van der Waals surface area (Å²) in [5, 5.41) is 2.35. The fraction of sp³-hybridized carbons (Fsp3) is 0.500. The van der Waals surface area contributed by atoms with E-state index in [4.69, 9.17) is 4.74 Å². The Morgan fingerprint density at radius 2 is 1.69 bits per heavy atom. The molecule has 10 heteroatoms. The Morgan fingerprint density at radius 1 is 1.09 bits per heavy atom. The highest BCUT2D eigenvalue weighted by molar-refractivity contribution is 7.90. The van der Waals surface area contributed by atoms with Crippen molar-refractivity contribution in [3.63, 3.8) is 0 Å². The molecule has 0 saturated heterocycles. The highest BCUT2D eigenvalue weighted by atomic mass is 32.2. The number of anilines is 1. The lowest BCUT2D eigenvalue weighted by atomic mass is 9.90. The Bertz CT molecular complexity index is 1020. The van der Waals surface area contributed by atoms with Gasteiger partial charge in [-0.15, -0.1) is 0 Å². The lowest BCUT2D eigenvalue weighted by molar-refractivity contribution is 0.251. The molecule has 176 valence electrons. The van der Waals surface area contributed by atoms with Crippen LogP contribution in [0.5, 0.6) is 5.88 Å². The lowest BCUT2D eigenvalue weighted by Crippen LogP contribution is -2.35. The average molecular weight is 464 g/mol. The van der Waals surface area contributed by atoms with Gasteiger partial charge in [-0.2, -0.15) is 13.4 Å². The minimum absolute atomic E-state index is 0.0675. The van der Waals surface area contributed by atoms with Gasteiger partial charge in [0.1, 0.15) is 6.61 Å². The second-order valence-corrected chi connectivity index (χ2v) is 10.2. The molecule has 0 aliphatic rings. The molecule has 2 amide bonds. The summed E-state index contributed by atoms with van der Waals surface area (Å²) in [5.41, 5.74) is 3.59. The van der Waals surface area contributed by atoms with Crippen molar-refractivity contribution >= 4 is 21.7 Å². The highest BCUT2D eigenvalue weighted by Gasteiger charge is 2.23. The van der Waals surface area contributed by atoms with Crippen molar-refractivity contribution < 1.29 is 17.9 Å². The van der Waals surface area contributed by atoms with Crippen LogP contribution in [0.2, 0.25) is 0 Å². The van der Waals surface area contributed by atoms with Gasteiger partial charge in [-0.3, -0.25) is 4.98 Å². The number of sulfonamides is 1. The molecule has 1 aromatic carbocycles. The molecule has 2 aromatic rings. The zero-order valence-corrected chi connectivity index (χ0v) is 20.6. The minimum atomic E-state index is -4.24. The summed E-state index contributed by atoms with van der Waals surface area (Å²) >= 11 is 0. The number of carbonyl (C=O) groups excluding carboxylic acids is 1. The number of carbonyl (C=O) groups is 1. The van der Waals surface area contributed by atoms with Crippen LogP contribution in [-0.2, 0) is 10.0 Å². The van der Waals surface area contributed by atoms with Crippen molar-refractivity contribution in [1.29, 1.82) is 0 Å². The number of hydrogen-bond donors (Lipinski definition) is 2. The molecule has 2 rings (SSSR count). The van der Waals surface area contributed by atoms with Gasteiger partial charge in [-0.25, -0.2) is 9.52 Å². The van der Waals surface area contributed by atoms with Crippen molar-refractivity contribution in [1.82, 2.24) is 19.6 Å². The Morgan fingerprint density at radius 3 is 2.22 bits per heavy atom. The van der Waals surface area contributed by atoms with Gasteiger partial charge in [0.15, 0.2) is 5.03 Å². The van der Waals surface area contributed by atoms with E-state index in [0.29, 0.717) is 18.8 Å². The summed E-state index contributed by atoms with van der Waals surface area (Å²) in [6, 6.07) is 3.14. The predicted molar refractivity (Wildman–Crippen MR) is 125 cm³/mol. The molecule has 32 heavy (non-hydrogen) atoms. The smallest absolute Gasteiger partial charge is 0.333 e. The Hall–Kier alpha value is -2.72. The van der Waals surface area contributed by atoms with Gasteiger partial charge in [0.2, 0.25) is 5.88 Å². The molecular formula is C22H33N5O4S. The van der Waals surface area contributed by atoms with Crippen molar-refractivity contribution in [3.8, 4) is 5.88 Å². The Labute approximate surface area is 190 Å². The van der Waals surface area contributed by atoms with Crippen molar-refractivity contribution in [2.24, 2.45) is 0 Å². The van der Waals surface area contributed by atoms with E-state index < -0.39 is 21.1 Å². The second-order valence-electron chi connectivity index (χ2n) is 8.53. The molecule has 0 saturated carbocycles. The summed E-state index contributed by atoms with van der Waals surface area (Å²) in [4.78, 5) is 22.4. The normalized spacial score (nSPS) is 11.8. The molecule has 0 radical (unpaired) electrons. The molecule has 0 fully saturated rings. The third-order valence-corrected chi connectivity index (χ3v) is 5.91. The molecule has 0 unspecified atom stereocenters. The Balaban J connectivity index is 2.23. The van der Waals surface area contributed by atoms with E-state index in [1.165, 1.54) is 6.20 Å². The zero-order chi connectivity index (χ0) is 24.1. The van der Waals surface area contributed by atoms with Gasteiger partial charge in [-0.1, -0.05) is 45.4 Å². The van der Waals surface area contributed by atoms with Crippen LogP contribution in [0.15, 0.2) is 29.6 Å². The fourth-order valence-corrected chi connectivity index (χ4v) is 3.88. The van der Waals surface area contributed by atoms with Crippen LogP contribution in [-0.4, -0.2) is 56.6 Å². The van der Waals surface area contributed by atoms with E-state index >= 15 is 0 Å². The molecule has 0 atom stereocenters. The second kappa shape index (κ2) is 10.7. The first-order valence-corrected chi connectivity index (χ1v) is 12.0. The zero-order valence-electron chi connectivity index (χ0n) is 19.8. The Kier molecular flexibility index (Phi) is 8.57. The van der Waals surface area contributed by atoms with Crippen LogP contribution < -0.4 is 14.8 Å². The van der Waals surface area contributed by atoms with Crippen LogP contribution >= 0.6 is 0 Å². The number of benzene rings is 1. The molecule has 1 aromatic heterocycles. The van der Waals surface area contributed by atoms with E-state index in [1.807, 2.05) is 70.5 Å². The van der Waals surface area contributed by atoms with Crippen LogP contribution in [0.25, 0.3) is 0 Å². The van der Waals surface area contributed by atoms with Gasteiger partial charge < -0.3 is 15.0 Å². The maximum Gasteiger partial charge on any atom is 0.333 e. The first kappa shape index (κ1) is 25.5. The number of hydrogen-bond acceptors (Lipinski definition) is 7. The van der Waals surface area contributed by atoms with E-state index in [1.54, 1.807) is 0 Å². The molecule has 1 heterocycles. The number of rotatable bonds is 9. The fourth-order valence-electron chi connectivity index (χ4n) is 3.07. The van der Waals surface area contributed by atoms with Crippen LogP contribution in [0.3, 0.4) is 0 Å². The van der Waals surface area contributed by atoms with Gasteiger partial charge in [-0.05, 0) is 44.0 Å². The predicted octanol–water partition coefficient (Wildman–Crippen LogP) is 3.48. The molecule has 2 N–H and O–H groups in total. The maximum atomic E-state index is 12.7. The topological polar surface area (TPSA) is 114 Å². The number of amides is 2. The average Bonchev–Trinajstić information content (AvgIpc) is 2.68. The van der Waals surface area contributed by atoms with Crippen molar-refractivity contribution in [2.45, 2.75) is 51.5 Å². The van der Waals surface area contributed by atoms with Gasteiger partial charge >= 0.3 is 6.03 Å². The van der Waals surface area contributed by atoms with E-state index in [0.717, 1.165) is 22.9 Å². The SMILES string of the molecule is Cc1cc(C(C)C)c(NC(=O)NS(=O)(=O)c2cncc(OCCN(C)C)n2)c(C(C)C)c1. The number of nitrogens with one attached hydrogen (secondary N) is 2. The maximum absolute atomic E-state index is 12.7. The highest BCUT2D eigenvalue weighted by Crippen LogP contribution is 2.33. The number of likely N-dealkylation sites (N-methyl/N-ethyl adjacent to an activating group) is 1.